The predicted octanol–water partition coefficient (Wildman–Crippen LogP) is 1.85. The summed E-state index contributed by atoms with van der Waals surface area (Å²) < 4.78 is 5.30. The van der Waals surface area contributed by atoms with Gasteiger partial charge in [0.25, 0.3) is 0 Å². The molecule has 0 atom stereocenters. The van der Waals surface area contributed by atoms with Gasteiger partial charge in [-0.3, -0.25) is 10.4 Å². The Morgan fingerprint density at radius 1 is 1.21 bits per heavy atom. The maximum atomic E-state index is 5.61. The van der Waals surface area contributed by atoms with Crippen LogP contribution in [0.4, 0.5) is 0 Å². The smallest absolute Gasteiger partial charge is 0.208 e. The number of hydrogen-bond acceptors (Lipinski definition) is 3. The minimum absolute atomic E-state index is 0.584. The zero-order valence-electron chi connectivity index (χ0n) is 13.3. The third kappa shape index (κ3) is 9.73. The molecule has 0 aliphatic carbocycles. The van der Waals surface area contributed by atoms with Crippen molar-refractivity contribution in [3.05, 3.63) is 0 Å². The van der Waals surface area contributed by atoms with Gasteiger partial charge in [-0.25, -0.2) is 5.84 Å². The van der Waals surface area contributed by atoms with Gasteiger partial charge in [0.2, 0.25) is 5.96 Å². The first-order valence-electron chi connectivity index (χ1n) is 7.34. The predicted molar refractivity (Wildman–Crippen MR) is 82.0 cm³/mol. The van der Waals surface area contributed by atoms with Crippen LogP contribution < -0.4 is 11.3 Å². The standard InChI is InChI=1S/C14H32N4O/c1-6-19-9-7-8-16-14(17-15)18(10-12(2)3)11-13(4)5/h12-13H,6-11,15H2,1-5H3,(H,16,17). The lowest BCUT2D eigenvalue weighted by Gasteiger charge is -2.29. The van der Waals surface area contributed by atoms with Gasteiger partial charge in [-0.05, 0) is 25.2 Å². The van der Waals surface area contributed by atoms with Crippen LogP contribution in [-0.4, -0.2) is 43.7 Å². The van der Waals surface area contributed by atoms with E-state index in [0.717, 1.165) is 45.2 Å². The van der Waals surface area contributed by atoms with Gasteiger partial charge in [0.15, 0.2) is 0 Å². The largest absolute Gasteiger partial charge is 0.382 e. The van der Waals surface area contributed by atoms with E-state index in [0.29, 0.717) is 11.8 Å². The lowest BCUT2D eigenvalue weighted by molar-refractivity contribution is 0.146. The van der Waals surface area contributed by atoms with E-state index >= 15 is 0 Å². The molecule has 0 saturated carbocycles. The minimum atomic E-state index is 0.584. The van der Waals surface area contributed by atoms with Crippen LogP contribution in [0.3, 0.4) is 0 Å². The monoisotopic (exact) mass is 272 g/mol. The van der Waals surface area contributed by atoms with Gasteiger partial charge in [0.1, 0.15) is 0 Å². The second-order valence-electron chi connectivity index (χ2n) is 5.59. The van der Waals surface area contributed by atoms with E-state index in [1.165, 1.54) is 0 Å². The summed E-state index contributed by atoms with van der Waals surface area (Å²) in [5, 5.41) is 0. The minimum Gasteiger partial charge on any atom is -0.382 e. The van der Waals surface area contributed by atoms with E-state index in [1.54, 1.807) is 0 Å². The summed E-state index contributed by atoms with van der Waals surface area (Å²) >= 11 is 0. The molecular formula is C14H32N4O. The molecule has 0 aromatic rings. The highest BCUT2D eigenvalue weighted by Gasteiger charge is 2.13. The first-order chi connectivity index (χ1) is 9.01. The van der Waals surface area contributed by atoms with Crippen molar-refractivity contribution < 1.29 is 4.74 Å². The number of nitrogens with two attached hydrogens (primary N) is 1. The first kappa shape index (κ1) is 18.2. The summed E-state index contributed by atoms with van der Waals surface area (Å²) in [4.78, 5) is 6.78. The third-order valence-corrected chi connectivity index (χ3v) is 2.51. The molecule has 0 aromatic carbocycles. The highest BCUT2D eigenvalue weighted by molar-refractivity contribution is 5.79. The van der Waals surface area contributed by atoms with Crippen LogP contribution in [0.15, 0.2) is 4.99 Å². The lowest BCUT2D eigenvalue weighted by atomic mass is 10.1. The molecule has 0 unspecified atom stereocenters. The highest BCUT2D eigenvalue weighted by atomic mass is 16.5. The van der Waals surface area contributed by atoms with E-state index in [4.69, 9.17) is 10.6 Å². The second-order valence-corrected chi connectivity index (χ2v) is 5.59. The number of aliphatic imine (C=N–C) groups is 1. The molecule has 5 heteroatoms. The molecule has 5 nitrogen and oxygen atoms in total. The van der Waals surface area contributed by atoms with Gasteiger partial charge >= 0.3 is 0 Å². The number of hydrogen-bond donors (Lipinski definition) is 2. The van der Waals surface area contributed by atoms with Gasteiger partial charge in [0, 0.05) is 32.8 Å². The fourth-order valence-electron chi connectivity index (χ4n) is 1.86. The van der Waals surface area contributed by atoms with E-state index in [9.17, 15) is 0 Å². The molecule has 0 aromatic heterocycles. The molecule has 0 spiro atoms. The Morgan fingerprint density at radius 2 is 1.79 bits per heavy atom. The molecule has 0 rings (SSSR count). The Bertz CT molecular complexity index is 232. The Morgan fingerprint density at radius 3 is 2.21 bits per heavy atom. The van der Waals surface area contributed by atoms with Crippen LogP contribution in [-0.2, 0) is 4.74 Å². The van der Waals surface area contributed by atoms with E-state index in [-0.39, 0.29) is 0 Å². The maximum absolute atomic E-state index is 5.61. The number of rotatable bonds is 9. The van der Waals surface area contributed by atoms with Gasteiger partial charge in [-0.1, -0.05) is 27.7 Å². The summed E-state index contributed by atoms with van der Waals surface area (Å²) in [5.41, 5.74) is 2.74. The van der Waals surface area contributed by atoms with Crippen LogP contribution in [0.25, 0.3) is 0 Å². The summed E-state index contributed by atoms with van der Waals surface area (Å²) in [6, 6.07) is 0. The van der Waals surface area contributed by atoms with E-state index < -0.39 is 0 Å². The Kier molecular flexibility index (Phi) is 10.6. The van der Waals surface area contributed by atoms with Crippen LogP contribution in [0.1, 0.15) is 41.0 Å². The molecule has 19 heavy (non-hydrogen) atoms. The average Bonchev–Trinajstić information content (AvgIpc) is 2.32. The van der Waals surface area contributed by atoms with Gasteiger partial charge in [-0.2, -0.15) is 0 Å². The first-order valence-corrected chi connectivity index (χ1v) is 7.34. The van der Waals surface area contributed by atoms with Crippen molar-refractivity contribution in [2.45, 2.75) is 41.0 Å². The van der Waals surface area contributed by atoms with Gasteiger partial charge < -0.3 is 9.64 Å². The number of hydrazine groups is 1. The molecule has 0 heterocycles. The average molecular weight is 272 g/mol. The van der Waals surface area contributed by atoms with Crippen molar-refractivity contribution in [2.24, 2.45) is 22.7 Å². The van der Waals surface area contributed by atoms with Crippen LogP contribution in [0.5, 0.6) is 0 Å². The Balaban J connectivity index is 4.40. The summed E-state index contributed by atoms with van der Waals surface area (Å²) in [6.45, 7) is 15.0. The van der Waals surface area contributed by atoms with Crippen LogP contribution >= 0.6 is 0 Å². The van der Waals surface area contributed by atoms with Crippen molar-refractivity contribution >= 4 is 5.96 Å². The molecule has 0 radical (unpaired) electrons. The number of nitrogens with one attached hydrogen (secondary N) is 1. The van der Waals surface area contributed by atoms with E-state index in [1.807, 2.05) is 6.92 Å². The van der Waals surface area contributed by atoms with Crippen molar-refractivity contribution in [1.82, 2.24) is 10.3 Å². The molecule has 0 amide bonds. The van der Waals surface area contributed by atoms with E-state index in [2.05, 4.69) is 43.0 Å². The van der Waals surface area contributed by atoms with Crippen LogP contribution in [0, 0.1) is 11.8 Å². The number of nitrogens with zero attached hydrogens (tertiary/aromatic N) is 2. The topological polar surface area (TPSA) is 62.9 Å². The van der Waals surface area contributed by atoms with Crippen molar-refractivity contribution in [3.8, 4) is 0 Å². The lowest BCUT2D eigenvalue weighted by Crippen LogP contribution is -2.47. The third-order valence-electron chi connectivity index (χ3n) is 2.51. The second kappa shape index (κ2) is 11.1. The fourth-order valence-corrected chi connectivity index (χ4v) is 1.86. The zero-order valence-corrected chi connectivity index (χ0v) is 13.3. The quantitative estimate of drug-likeness (QED) is 0.221. The number of guanidine groups is 1. The molecule has 0 fully saturated rings. The molecular weight excluding hydrogens is 240 g/mol. The maximum Gasteiger partial charge on any atom is 0.208 e. The molecule has 0 aliphatic rings. The number of ether oxygens (including phenoxy) is 1. The fraction of sp³-hybridized carbons (Fsp3) is 0.929. The Hall–Kier alpha value is -0.810. The Labute approximate surface area is 118 Å². The van der Waals surface area contributed by atoms with Crippen molar-refractivity contribution in [3.63, 3.8) is 0 Å². The van der Waals surface area contributed by atoms with Gasteiger partial charge in [0.05, 0.1) is 0 Å². The molecule has 3 N–H and O–H groups in total. The molecule has 114 valence electrons. The molecule has 0 bridgehead atoms. The highest BCUT2D eigenvalue weighted by Crippen LogP contribution is 2.04. The zero-order chi connectivity index (χ0) is 14.7. The van der Waals surface area contributed by atoms with Gasteiger partial charge in [-0.15, -0.1) is 0 Å². The van der Waals surface area contributed by atoms with Crippen molar-refractivity contribution in [1.29, 1.82) is 0 Å². The van der Waals surface area contributed by atoms with Crippen molar-refractivity contribution in [2.75, 3.05) is 32.8 Å². The summed E-state index contributed by atoms with van der Waals surface area (Å²) in [5.74, 6) is 7.57. The molecule has 0 aliphatic heterocycles. The SMILES string of the molecule is CCOCCCN=C(NN)N(CC(C)C)CC(C)C. The normalized spacial score (nSPS) is 12.3. The van der Waals surface area contributed by atoms with Crippen LogP contribution in [0.2, 0.25) is 0 Å². The summed E-state index contributed by atoms with van der Waals surface area (Å²) in [7, 11) is 0. The summed E-state index contributed by atoms with van der Waals surface area (Å²) in [6.07, 6.45) is 0.927. The molecule has 0 saturated heterocycles.